The fourth-order valence-electron chi connectivity index (χ4n) is 4.01. The van der Waals surface area contributed by atoms with E-state index in [4.69, 9.17) is 4.74 Å². The Morgan fingerprint density at radius 3 is 2.54 bits per heavy atom. The number of anilines is 1. The lowest BCUT2D eigenvalue weighted by Crippen LogP contribution is -2.51. The zero-order valence-corrected chi connectivity index (χ0v) is 20.1. The molecule has 37 heavy (non-hydrogen) atoms. The third kappa shape index (κ3) is 5.55. The van der Waals surface area contributed by atoms with Crippen LogP contribution in [-0.2, 0) is 17.9 Å². The van der Waals surface area contributed by atoms with Crippen LogP contribution < -0.4 is 9.64 Å². The van der Waals surface area contributed by atoms with Gasteiger partial charge in [-0.1, -0.05) is 17.3 Å². The van der Waals surface area contributed by atoms with Gasteiger partial charge in [-0.25, -0.2) is 13.5 Å². The molecule has 0 N–H and O–H groups in total. The highest BCUT2D eigenvalue weighted by Crippen LogP contribution is 2.22. The summed E-state index contributed by atoms with van der Waals surface area (Å²) >= 11 is 0. The number of hydrogen-bond donors (Lipinski definition) is 0. The Balaban J connectivity index is 1.17. The van der Waals surface area contributed by atoms with Crippen LogP contribution in [0.15, 0.2) is 54.9 Å². The third-order valence-corrected chi connectivity index (χ3v) is 6.13. The number of nitrogens with zero attached hydrogens (tertiary/aromatic N) is 9. The maximum absolute atomic E-state index is 12.9. The number of alkyl halides is 2. The minimum absolute atomic E-state index is 0.0263. The van der Waals surface area contributed by atoms with Gasteiger partial charge in [-0.2, -0.15) is 5.10 Å². The molecular formula is C24H25F2N9O2. The quantitative estimate of drug-likeness (QED) is 0.339. The lowest BCUT2D eigenvalue weighted by Gasteiger charge is -2.34. The van der Waals surface area contributed by atoms with Crippen LogP contribution in [0.5, 0.6) is 5.88 Å². The van der Waals surface area contributed by atoms with Crippen LogP contribution in [-0.4, -0.2) is 72.0 Å². The van der Waals surface area contributed by atoms with Crippen molar-refractivity contribution in [3.63, 3.8) is 0 Å². The highest BCUT2D eigenvalue weighted by Gasteiger charge is 2.25. The summed E-state index contributed by atoms with van der Waals surface area (Å²) in [5, 5.41) is 20.7. The molecule has 5 rings (SSSR count). The summed E-state index contributed by atoms with van der Waals surface area (Å²) in [7, 11) is 0. The Hall–Kier alpha value is -4.42. The SMILES string of the molecule is Cc1nnn(-c2ccc(C(F)F)cc2)c1COc1ccc(N2CCN(CCn3cccn3)C(=O)C2)nn1. The average molecular weight is 510 g/mol. The van der Waals surface area contributed by atoms with Gasteiger partial charge in [0.1, 0.15) is 12.3 Å². The molecule has 0 radical (unpaired) electrons. The first-order chi connectivity index (χ1) is 18.0. The minimum atomic E-state index is -2.54. The molecule has 192 valence electrons. The number of hydrogen-bond acceptors (Lipinski definition) is 8. The van der Waals surface area contributed by atoms with Crippen molar-refractivity contribution in [1.82, 2.24) is 39.9 Å². The lowest BCUT2D eigenvalue weighted by molar-refractivity contribution is -0.131. The van der Waals surface area contributed by atoms with Crippen LogP contribution in [0.2, 0.25) is 0 Å². The molecule has 0 bridgehead atoms. The molecule has 0 spiro atoms. The van der Waals surface area contributed by atoms with Crippen molar-refractivity contribution in [2.24, 2.45) is 0 Å². The Kier molecular flexibility index (Phi) is 7.01. The van der Waals surface area contributed by atoms with E-state index in [2.05, 4.69) is 25.6 Å². The molecule has 0 aliphatic carbocycles. The van der Waals surface area contributed by atoms with Crippen LogP contribution in [0.25, 0.3) is 5.69 Å². The maximum Gasteiger partial charge on any atom is 0.263 e. The van der Waals surface area contributed by atoms with Crippen LogP contribution in [0.4, 0.5) is 14.6 Å². The fourth-order valence-corrected chi connectivity index (χ4v) is 4.01. The monoisotopic (exact) mass is 509 g/mol. The molecule has 4 aromatic rings. The molecule has 1 aliphatic rings. The minimum Gasteiger partial charge on any atom is -0.470 e. The number of carbonyl (C=O) groups is 1. The van der Waals surface area contributed by atoms with E-state index in [0.29, 0.717) is 55.0 Å². The van der Waals surface area contributed by atoms with Crippen molar-refractivity contribution in [3.8, 4) is 11.6 Å². The van der Waals surface area contributed by atoms with Crippen LogP contribution in [0, 0.1) is 6.92 Å². The zero-order valence-electron chi connectivity index (χ0n) is 20.1. The molecule has 0 atom stereocenters. The second-order valence-corrected chi connectivity index (χ2v) is 8.52. The van der Waals surface area contributed by atoms with E-state index in [0.717, 1.165) is 0 Å². The van der Waals surface area contributed by atoms with E-state index in [-0.39, 0.29) is 24.6 Å². The predicted octanol–water partition coefficient (Wildman–Crippen LogP) is 2.43. The van der Waals surface area contributed by atoms with E-state index in [1.165, 1.54) is 12.1 Å². The Bertz CT molecular complexity index is 1330. The molecule has 1 aromatic carbocycles. The van der Waals surface area contributed by atoms with E-state index >= 15 is 0 Å². The molecule has 1 amide bonds. The standard InChI is InChI=1S/C24H25F2N9O2/c1-17-20(35(31-28-17)19-5-3-18(4-6-19)24(25)26)16-37-22-8-7-21(29-30-22)33-12-11-32(23(36)15-33)13-14-34-10-2-9-27-34/h2-10,24H,11-16H2,1H3. The van der Waals surface area contributed by atoms with Gasteiger partial charge >= 0.3 is 0 Å². The summed E-state index contributed by atoms with van der Waals surface area (Å²) in [6, 6.07) is 11.2. The molecule has 0 saturated carbocycles. The first-order valence-electron chi connectivity index (χ1n) is 11.7. The number of ether oxygens (including phenoxy) is 1. The molecule has 3 aromatic heterocycles. The number of halogens is 2. The Morgan fingerprint density at radius 2 is 1.86 bits per heavy atom. The van der Waals surface area contributed by atoms with Crippen molar-refractivity contribution in [2.45, 2.75) is 26.5 Å². The summed E-state index contributed by atoms with van der Waals surface area (Å²) in [5.74, 6) is 0.918. The smallest absolute Gasteiger partial charge is 0.263 e. The van der Waals surface area contributed by atoms with Gasteiger partial charge in [0.05, 0.1) is 24.5 Å². The largest absolute Gasteiger partial charge is 0.470 e. The molecule has 1 fully saturated rings. The highest BCUT2D eigenvalue weighted by molar-refractivity contribution is 5.82. The summed E-state index contributed by atoms with van der Waals surface area (Å²) < 4.78 is 34.9. The van der Waals surface area contributed by atoms with Crippen LogP contribution in [0.3, 0.4) is 0 Å². The zero-order chi connectivity index (χ0) is 25.8. The van der Waals surface area contributed by atoms with E-state index < -0.39 is 6.43 Å². The van der Waals surface area contributed by atoms with Crippen molar-refractivity contribution in [3.05, 3.63) is 71.8 Å². The number of aromatic nitrogens is 7. The summed E-state index contributed by atoms with van der Waals surface area (Å²) in [6.07, 6.45) is 1.05. The Morgan fingerprint density at radius 1 is 1.03 bits per heavy atom. The number of carbonyl (C=O) groups excluding carboxylic acids is 1. The van der Waals surface area contributed by atoms with Crippen molar-refractivity contribution in [2.75, 3.05) is 31.1 Å². The van der Waals surface area contributed by atoms with Gasteiger partial charge in [0.25, 0.3) is 6.43 Å². The molecule has 0 unspecified atom stereocenters. The molecule has 13 heteroatoms. The van der Waals surface area contributed by atoms with Crippen LogP contribution in [0.1, 0.15) is 23.4 Å². The van der Waals surface area contributed by atoms with E-state index in [1.54, 1.807) is 46.7 Å². The third-order valence-electron chi connectivity index (χ3n) is 6.13. The lowest BCUT2D eigenvalue weighted by atomic mass is 10.2. The van der Waals surface area contributed by atoms with Gasteiger partial charge in [-0.05, 0) is 31.2 Å². The predicted molar refractivity (Wildman–Crippen MR) is 128 cm³/mol. The van der Waals surface area contributed by atoms with Gasteiger partial charge in [0.2, 0.25) is 11.8 Å². The molecular weight excluding hydrogens is 484 g/mol. The number of rotatable bonds is 9. The van der Waals surface area contributed by atoms with Gasteiger partial charge in [0, 0.05) is 43.7 Å². The van der Waals surface area contributed by atoms with Gasteiger partial charge < -0.3 is 14.5 Å². The van der Waals surface area contributed by atoms with Gasteiger partial charge in [-0.15, -0.1) is 15.3 Å². The Labute approximate surface area is 211 Å². The number of piperazine rings is 1. The summed E-state index contributed by atoms with van der Waals surface area (Å²) in [6.45, 7) is 4.62. The first kappa shape index (κ1) is 24.3. The molecule has 1 saturated heterocycles. The van der Waals surface area contributed by atoms with Crippen molar-refractivity contribution < 1.29 is 18.3 Å². The van der Waals surface area contributed by atoms with Crippen molar-refractivity contribution >= 4 is 11.7 Å². The van der Waals surface area contributed by atoms with E-state index in [1.807, 2.05) is 22.1 Å². The van der Waals surface area contributed by atoms with Gasteiger partial charge in [0.15, 0.2) is 5.82 Å². The summed E-state index contributed by atoms with van der Waals surface area (Å²) in [4.78, 5) is 16.3. The van der Waals surface area contributed by atoms with Crippen molar-refractivity contribution in [1.29, 1.82) is 0 Å². The second kappa shape index (κ2) is 10.7. The van der Waals surface area contributed by atoms with E-state index in [9.17, 15) is 13.6 Å². The fraction of sp³-hybridized carbons (Fsp3) is 0.333. The number of benzene rings is 1. The normalized spacial score (nSPS) is 14.0. The molecule has 1 aliphatic heterocycles. The number of amides is 1. The first-order valence-corrected chi connectivity index (χ1v) is 11.7. The van der Waals surface area contributed by atoms with Crippen LogP contribution >= 0.6 is 0 Å². The highest BCUT2D eigenvalue weighted by atomic mass is 19.3. The number of aryl methyl sites for hydroxylation is 1. The molecule has 4 heterocycles. The second-order valence-electron chi connectivity index (χ2n) is 8.52. The maximum atomic E-state index is 12.9. The average Bonchev–Trinajstić information content (AvgIpc) is 3.57. The topological polar surface area (TPSA) is 107 Å². The summed E-state index contributed by atoms with van der Waals surface area (Å²) in [5.41, 5.74) is 1.84. The van der Waals surface area contributed by atoms with Gasteiger partial charge in [-0.3, -0.25) is 9.48 Å². The molecule has 11 nitrogen and oxygen atoms in total.